The smallest absolute Gasteiger partial charge is 0.0930 e. The van der Waals surface area contributed by atoms with Crippen LogP contribution in [-0.2, 0) is 12.8 Å². The van der Waals surface area contributed by atoms with E-state index in [9.17, 15) is 0 Å². The molecule has 1 heterocycles. The molecule has 0 bridgehead atoms. The molecular weight excluding hydrogens is 204 g/mol. The SMILES string of the molecule is CCCC(N)Cc1csc(CC(C)C)n1. The summed E-state index contributed by atoms with van der Waals surface area (Å²) in [6.45, 7) is 6.62. The topological polar surface area (TPSA) is 38.9 Å². The minimum Gasteiger partial charge on any atom is -0.327 e. The lowest BCUT2D eigenvalue weighted by atomic mass is 10.1. The Bertz CT molecular complexity index is 281. The molecule has 0 aliphatic carbocycles. The van der Waals surface area contributed by atoms with Crippen molar-refractivity contribution in [3.05, 3.63) is 16.1 Å². The summed E-state index contributed by atoms with van der Waals surface area (Å²) in [5, 5.41) is 3.41. The molecule has 0 fully saturated rings. The molecule has 2 N–H and O–H groups in total. The van der Waals surface area contributed by atoms with E-state index in [-0.39, 0.29) is 6.04 Å². The lowest BCUT2D eigenvalue weighted by Gasteiger charge is -2.07. The minimum atomic E-state index is 0.281. The van der Waals surface area contributed by atoms with Crippen molar-refractivity contribution in [1.82, 2.24) is 4.98 Å². The average Bonchev–Trinajstić information content (AvgIpc) is 2.51. The number of hydrogen-bond acceptors (Lipinski definition) is 3. The number of aromatic nitrogens is 1. The molecule has 0 radical (unpaired) electrons. The second kappa shape index (κ2) is 6.23. The Labute approximate surface area is 96.9 Å². The molecule has 15 heavy (non-hydrogen) atoms. The molecular formula is C12H22N2S. The van der Waals surface area contributed by atoms with Crippen LogP contribution in [0, 0.1) is 5.92 Å². The summed E-state index contributed by atoms with van der Waals surface area (Å²) < 4.78 is 0. The van der Waals surface area contributed by atoms with Gasteiger partial charge in [-0.25, -0.2) is 4.98 Å². The van der Waals surface area contributed by atoms with Crippen molar-refractivity contribution in [3.63, 3.8) is 0 Å². The average molecular weight is 226 g/mol. The lowest BCUT2D eigenvalue weighted by molar-refractivity contribution is 0.591. The van der Waals surface area contributed by atoms with Crippen molar-refractivity contribution in [2.24, 2.45) is 11.7 Å². The van der Waals surface area contributed by atoms with Crippen LogP contribution in [0.5, 0.6) is 0 Å². The zero-order valence-electron chi connectivity index (χ0n) is 9.99. The summed E-state index contributed by atoms with van der Waals surface area (Å²) in [7, 11) is 0. The minimum absolute atomic E-state index is 0.281. The van der Waals surface area contributed by atoms with Crippen LogP contribution in [0.1, 0.15) is 44.3 Å². The van der Waals surface area contributed by atoms with E-state index in [2.05, 4.69) is 31.1 Å². The van der Waals surface area contributed by atoms with Gasteiger partial charge in [0.2, 0.25) is 0 Å². The number of nitrogens with two attached hydrogens (primary N) is 1. The summed E-state index contributed by atoms with van der Waals surface area (Å²) >= 11 is 1.77. The van der Waals surface area contributed by atoms with Gasteiger partial charge in [-0.2, -0.15) is 0 Å². The molecule has 2 nitrogen and oxygen atoms in total. The molecule has 1 atom stereocenters. The third-order valence-electron chi connectivity index (χ3n) is 2.31. The summed E-state index contributed by atoms with van der Waals surface area (Å²) in [6.07, 6.45) is 4.28. The van der Waals surface area contributed by atoms with Gasteiger partial charge in [-0.05, 0) is 12.3 Å². The molecule has 0 aliphatic rings. The van der Waals surface area contributed by atoms with Crippen molar-refractivity contribution >= 4 is 11.3 Å². The van der Waals surface area contributed by atoms with Crippen LogP contribution in [0.2, 0.25) is 0 Å². The van der Waals surface area contributed by atoms with Gasteiger partial charge in [0.15, 0.2) is 0 Å². The molecule has 0 spiro atoms. The Kier molecular flexibility index (Phi) is 5.26. The predicted octanol–water partition coefficient (Wildman–Crippen LogP) is 3.01. The van der Waals surface area contributed by atoms with Crippen molar-refractivity contribution < 1.29 is 0 Å². The second-order valence-electron chi connectivity index (χ2n) is 4.58. The van der Waals surface area contributed by atoms with E-state index in [1.165, 1.54) is 10.7 Å². The largest absolute Gasteiger partial charge is 0.327 e. The zero-order chi connectivity index (χ0) is 11.3. The molecule has 0 aromatic carbocycles. The maximum absolute atomic E-state index is 5.99. The highest BCUT2D eigenvalue weighted by molar-refractivity contribution is 7.09. The summed E-state index contributed by atoms with van der Waals surface area (Å²) in [5.41, 5.74) is 7.17. The van der Waals surface area contributed by atoms with Gasteiger partial charge in [0, 0.05) is 24.3 Å². The van der Waals surface area contributed by atoms with Crippen LogP contribution in [0.4, 0.5) is 0 Å². The van der Waals surface area contributed by atoms with Gasteiger partial charge in [-0.15, -0.1) is 11.3 Å². The summed E-state index contributed by atoms with van der Waals surface area (Å²) in [4.78, 5) is 4.61. The van der Waals surface area contributed by atoms with E-state index in [0.29, 0.717) is 5.92 Å². The summed E-state index contributed by atoms with van der Waals surface area (Å²) in [5.74, 6) is 0.688. The van der Waals surface area contributed by atoms with E-state index in [1.807, 2.05) is 0 Å². The van der Waals surface area contributed by atoms with Gasteiger partial charge in [-0.1, -0.05) is 27.2 Å². The zero-order valence-corrected chi connectivity index (χ0v) is 10.8. The first-order valence-electron chi connectivity index (χ1n) is 5.80. The maximum Gasteiger partial charge on any atom is 0.0930 e. The highest BCUT2D eigenvalue weighted by Gasteiger charge is 2.08. The first-order chi connectivity index (χ1) is 7.11. The molecule has 0 amide bonds. The third-order valence-corrected chi connectivity index (χ3v) is 3.23. The van der Waals surface area contributed by atoms with E-state index in [1.54, 1.807) is 11.3 Å². The van der Waals surface area contributed by atoms with E-state index in [4.69, 9.17) is 5.73 Å². The Balaban J connectivity index is 2.45. The van der Waals surface area contributed by atoms with Crippen molar-refractivity contribution in [2.45, 2.75) is 52.5 Å². The Morgan fingerprint density at radius 3 is 2.73 bits per heavy atom. The van der Waals surface area contributed by atoms with E-state index < -0.39 is 0 Å². The van der Waals surface area contributed by atoms with Crippen LogP contribution in [0.15, 0.2) is 5.38 Å². The van der Waals surface area contributed by atoms with E-state index >= 15 is 0 Å². The molecule has 1 rings (SSSR count). The van der Waals surface area contributed by atoms with Crippen molar-refractivity contribution in [1.29, 1.82) is 0 Å². The normalized spacial score (nSPS) is 13.4. The molecule has 0 aliphatic heterocycles. The first-order valence-corrected chi connectivity index (χ1v) is 6.68. The van der Waals surface area contributed by atoms with Crippen LogP contribution < -0.4 is 5.73 Å². The van der Waals surface area contributed by atoms with Crippen LogP contribution in [-0.4, -0.2) is 11.0 Å². The molecule has 1 aromatic heterocycles. The molecule has 3 heteroatoms. The number of hydrogen-bond donors (Lipinski definition) is 1. The van der Waals surface area contributed by atoms with E-state index in [0.717, 1.165) is 25.7 Å². The number of thiazole rings is 1. The van der Waals surface area contributed by atoms with Crippen molar-refractivity contribution in [2.75, 3.05) is 0 Å². The van der Waals surface area contributed by atoms with Gasteiger partial charge < -0.3 is 5.73 Å². The number of rotatable bonds is 6. The fourth-order valence-corrected chi connectivity index (χ4v) is 2.65. The van der Waals surface area contributed by atoms with Gasteiger partial charge in [0.1, 0.15) is 0 Å². The Morgan fingerprint density at radius 2 is 2.13 bits per heavy atom. The molecule has 1 aromatic rings. The standard InChI is InChI=1S/C12H22N2S/c1-4-5-10(13)7-11-8-15-12(14-11)6-9(2)3/h8-10H,4-7,13H2,1-3H3. The fraction of sp³-hybridized carbons (Fsp3) is 0.750. The van der Waals surface area contributed by atoms with Gasteiger partial charge in [-0.3, -0.25) is 0 Å². The highest BCUT2D eigenvalue weighted by Crippen LogP contribution is 2.15. The summed E-state index contributed by atoms with van der Waals surface area (Å²) in [6, 6.07) is 0.281. The fourth-order valence-electron chi connectivity index (χ4n) is 1.63. The second-order valence-corrected chi connectivity index (χ2v) is 5.53. The van der Waals surface area contributed by atoms with Gasteiger partial charge >= 0.3 is 0 Å². The van der Waals surface area contributed by atoms with Crippen molar-refractivity contribution in [3.8, 4) is 0 Å². The monoisotopic (exact) mass is 226 g/mol. The molecule has 0 saturated heterocycles. The Hall–Kier alpha value is -0.410. The van der Waals surface area contributed by atoms with Gasteiger partial charge in [0.05, 0.1) is 10.7 Å². The first kappa shape index (κ1) is 12.7. The molecule has 86 valence electrons. The maximum atomic E-state index is 5.99. The molecule has 0 saturated carbocycles. The quantitative estimate of drug-likeness (QED) is 0.810. The molecule has 1 unspecified atom stereocenters. The third kappa shape index (κ3) is 4.76. The Morgan fingerprint density at radius 1 is 1.40 bits per heavy atom. The number of nitrogens with zero attached hydrogens (tertiary/aromatic N) is 1. The van der Waals surface area contributed by atoms with Gasteiger partial charge in [0.25, 0.3) is 0 Å². The van der Waals surface area contributed by atoms with Crippen LogP contribution in [0.3, 0.4) is 0 Å². The predicted molar refractivity (Wildman–Crippen MR) is 67.2 cm³/mol. The lowest BCUT2D eigenvalue weighted by Crippen LogP contribution is -2.22. The van der Waals surface area contributed by atoms with Crippen LogP contribution >= 0.6 is 11.3 Å². The van der Waals surface area contributed by atoms with Crippen LogP contribution in [0.25, 0.3) is 0 Å². The highest BCUT2D eigenvalue weighted by atomic mass is 32.1.